The smallest absolute Gasteiger partial charge is 0.268 e. The SMILES string of the molecule is O=c1cc(NCC2CC2)cnn1CC1CCCCC1. The van der Waals surface area contributed by atoms with Gasteiger partial charge in [0, 0.05) is 19.2 Å². The third kappa shape index (κ3) is 3.58. The van der Waals surface area contributed by atoms with Crippen LogP contribution in [0.15, 0.2) is 17.1 Å². The van der Waals surface area contributed by atoms with Crippen molar-refractivity contribution in [3.8, 4) is 0 Å². The minimum atomic E-state index is 0.0337. The van der Waals surface area contributed by atoms with Gasteiger partial charge in [-0.3, -0.25) is 4.79 Å². The zero-order valence-corrected chi connectivity index (χ0v) is 11.5. The van der Waals surface area contributed by atoms with E-state index in [1.54, 1.807) is 16.9 Å². The quantitative estimate of drug-likeness (QED) is 0.886. The lowest BCUT2D eigenvalue weighted by Gasteiger charge is -2.21. The number of hydrogen-bond donors (Lipinski definition) is 1. The number of nitrogens with one attached hydrogen (secondary N) is 1. The van der Waals surface area contributed by atoms with E-state index in [4.69, 9.17) is 0 Å². The van der Waals surface area contributed by atoms with Gasteiger partial charge in [0.1, 0.15) is 0 Å². The molecule has 4 heteroatoms. The molecular weight excluding hydrogens is 238 g/mol. The lowest BCUT2D eigenvalue weighted by molar-refractivity contribution is 0.302. The highest BCUT2D eigenvalue weighted by Crippen LogP contribution is 2.28. The minimum Gasteiger partial charge on any atom is -0.383 e. The molecule has 2 saturated carbocycles. The molecule has 2 fully saturated rings. The number of hydrogen-bond acceptors (Lipinski definition) is 3. The van der Waals surface area contributed by atoms with Crippen molar-refractivity contribution < 1.29 is 0 Å². The molecule has 4 nitrogen and oxygen atoms in total. The highest BCUT2D eigenvalue weighted by Gasteiger charge is 2.20. The molecule has 104 valence electrons. The van der Waals surface area contributed by atoms with Crippen molar-refractivity contribution in [2.75, 3.05) is 11.9 Å². The van der Waals surface area contributed by atoms with Crippen LogP contribution in [0.5, 0.6) is 0 Å². The van der Waals surface area contributed by atoms with Crippen LogP contribution in [0.2, 0.25) is 0 Å². The van der Waals surface area contributed by atoms with Gasteiger partial charge in [-0.2, -0.15) is 5.10 Å². The van der Waals surface area contributed by atoms with Crippen LogP contribution in [0.4, 0.5) is 5.69 Å². The Morgan fingerprint density at radius 3 is 2.63 bits per heavy atom. The standard InChI is InChI=1S/C15H23N3O/c19-15-8-14(16-9-12-6-7-12)10-17-18(15)11-13-4-2-1-3-5-13/h8,10,12-13,16H,1-7,9,11H2. The summed E-state index contributed by atoms with van der Waals surface area (Å²) in [4.78, 5) is 12.0. The van der Waals surface area contributed by atoms with Gasteiger partial charge in [0.15, 0.2) is 0 Å². The van der Waals surface area contributed by atoms with Gasteiger partial charge in [0.25, 0.3) is 5.56 Å². The third-order valence-electron chi connectivity index (χ3n) is 4.32. The van der Waals surface area contributed by atoms with Crippen molar-refractivity contribution in [2.45, 2.75) is 51.5 Å². The first-order valence-electron chi connectivity index (χ1n) is 7.62. The molecule has 0 spiro atoms. The molecule has 0 bridgehead atoms. The summed E-state index contributed by atoms with van der Waals surface area (Å²) in [6, 6.07) is 1.69. The topological polar surface area (TPSA) is 46.9 Å². The Morgan fingerprint density at radius 2 is 1.95 bits per heavy atom. The first-order valence-corrected chi connectivity index (χ1v) is 7.62. The second-order valence-electron chi connectivity index (χ2n) is 6.09. The zero-order valence-electron chi connectivity index (χ0n) is 11.5. The molecule has 0 radical (unpaired) electrons. The molecule has 3 rings (SSSR count). The first kappa shape index (κ1) is 12.7. The predicted molar refractivity (Wildman–Crippen MR) is 76.3 cm³/mol. The molecule has 1 N–H and O–H groups in total. The van der Waals surface area contributed by atoms with Crippen LogP contribution in [0.1, 0.15) is 44.9 Å². The molecule has 0 saturated heterocycles. The van der Waals surface area contributed by atoms with Crippen LogP contribution in [-0.4, -0.2) is 16.3 Å². The van der Waals surface area contributed by atoms with E-state index in [9.17, 15) is 4.79 Å². The molecule has 0 aliphatic heterocycles. The highest BCUT2D eigenvalue weighted by atomic mass is 16.1. The Bertz CT molecular complexity index is 473. The molecule has 0 unspecified atom stereocenters. The molecule has 1 heterocycles. The summed E-state index contributed by atoms with van der Waals surface area (Å²) in [7, 11) is 0. The van der Waals surface area contributed by atoms with Crippen molar-refractivity contribution in [1.29, 1.82) is 0 Å². The van der Waals surface area contributed by atoms with Crippen molar-refractivity contribution in [1.82, 2.24) is 9.78 Å². The highest BCUT2D eigenvalue weighted by molar-refractivity contribution is 5.38. The maximum absolute atomic E-state index is 12.0. The Kier molecular flexibility index (Phi) is 3.85. The van der Waals surface area contributed by atoms with Crippen LogP contribution >= 0.6 is 0 Å². The Morgan fingerprint density at radius 1 is 1.16 bits per heavy atom. The average Bonchev–Trinajstić information content (AvgIpc) is 3.25. The molecule has 0 atom stereocenters. The van der Waals surface area contributed by atoms with Crippen LogP contribution in [0.25, 0.3) is 0 Å². The van der Waals surface area contributed by atoms with E-state index in [0.29, 0.717) is 5.92 Å². The van der Waals surface area contributed by atoms with Gasteiger partial charge in [0.2, 0.25) is 0 Å². The summed E-state index contributed by atoms with van der Waals surface area (Å²) in [6.07, 6.45) is 10.9. The van der Waals surface area contributed by atoms with E-state index in [2.05, 4.69) is 10.4 Å². The summed E-state index contributed by atoms with van der Waals surface area (Å²) in [5, 5.41) is 7.61. The van der Waals surface area contributed by atoms with E-state index in [1.807, 2.05) is 0 Å². The molecule has 2 aliphatic rings. The normalized spacial score (nSPS) is 20.4. The van der Waals surface area contributed by atoms with Gasteiger partial charge in [-0.1, -0.05) is 19.3 Å². The minimum absolute atomic E-state index is 0.0337. The second kappa shape index (κ2) is 5.76. The number of aromatic nitrogens is 2. The molecule has 0 amide bonds. The molecular formula is C15H23N3O. The predicted octanol–water partition coefficient (Wildman–Crippen LogP) is 2.65. The molecule has 1 aromatic heterocycles. The van der Waals surface area contributed by atoms with Crippen LogP contribution in [0, 0.1) is 11.8 Å². The maximum atomic E-state index is 12.0. The Hall–Kier alpha value is -1.32. The maximum Gasteiger partial charge on any atom is 0.268 e. The van der Waals surface area contributed by atoms with E-state index in [0.717, 1.165) is 24.7 Å². The van der Waals surface area contributed by atoms with Gasteiger partial charge >= 0.3 is 0 Å². The average molecular weight is 261 g/mol. The number of anilines is 1. The number of rotatable bonds is 5. The lowest BCUT2D eigenvalue weighted by atomic mass is 9.89. The summed E-state index contributed by atoms with van der Waals surface area (Å²) in [6.45, 7) is 1.77. The summed E-state index contributed by atoms with van der Waals surface area (Å²) < 4.78 is 1.64. The fourth-order valence-corrected chi connectivity index (χ4v) is 2.87. The van der Waals surface area contributed by atoms with Gasteiger partial charge in [-0.15, -0.1) is 0 Å². The Balaban J connectivity index is 1.59. The first-order chi connectivity index (χ1) is 9.31. The van der Waals surface area contributed by atoms with Crippen LogP contribution in [-0.2, 0) is 6.54 Å². The fourth-order valence-electron chi connectivity index (χ4n) is 2.87. The molecule has 1 aromatic rings. The van der Waals surface area contributed by atoms with Crippen LogP contribution < -0.4 is 10.9 Å². The van der Waals surface area contributed by atoms with E-state index < -0.39 is 0 Å². The van der Waals surface area contributed by atoms with Gasteiger partial charge in [0.05, 0.1) is 11.9 Å². The Labute approximate surface area is 114 Å². The molecule has 0 aromatic carbocycles. The number of nitrogens with zero attached hydrogens (tertiary/aromatic N) is 2. The van der Waals surface area contributed by atoms with Gasteiger partial charge in [-0.05, 0) is 37.5 Å². The summed E-state index contributed by atoms with van der Waals surface area (Å²) in [5.41, 5.74) is 0.906. The van der Waals surface area contributed by atoms with E-state index in [1.165, 1.54) is 44.9 Å². The van der Waals surface area contributed by atoms with Crippen LogP contribution in [0.3, 0.4) is 0 Å². The largest absolute Gasteiger partial charge is 0.383 e. The van der Waals surface area contributed by atoms with E-state index >= 15 is 0 Å². The van der Waals surface area contributed by atoms with Crippen molar-refractivity contribution in [2.24, 2.45) is 11.8 Å². The van der Waals surface area contributed by atoms with Crippen molar-refractivity contribution in [3.63, 3.8) is 0 Å². The van der Waals surface area contributed by atoms with Gasteiger partial charge < -0.3 is 5.32 Å². The summed E-state index contributed by atoms with van der Waals surface area (Å²) >= 11 is 0. The van der Waals surface area contributed by atoms with E-state index in [-0.39, 0.29) is 5.56 Å². The molecule has 19 heavy (non-hydrogen) atoms. The second-order valence-corrected chi connectivity index (χ2v) is 6.09. The summed E-state index contributed by atoms with van der Waals surface area (Å²) in [5.74, 6) is 1.45. The fraction of sp³-hybridized carbons (Fsp3) is 0.733. The van der Waals surface area contributed by atoms with Gasteiger partial charge in [-0.25, -0.2) is 4.68 Å². The lowest BCUT2D eigenvalue weighted by Crippen LogP contribution is -2.27. The van der Waals surface area contributed by atoms with Crippen molar-refractivity contribution >= 4 is 5.69 Å². The third-order valence-corrected chi connectivity index (χ3v) is 4.32. The molecule has 2 aliphatic carbocycles. The van der Waals surface area contributed by atoms with Crippen molar-refractivity contribution in [3.05, 3.63) is 22.6 Å². The monoisotopic (exact) mass is 261 g/mol. The zero-order chi connectivity index (χ0) is 13.1.